The molecule has 4 heteroatoms. The van der Waals surface area contributed by atoms with Crippen LogP contribution >= 0.6 is 0 Å². The molecule has 1 saturated heterocycles. The van der Waals surface area contributed by atoms with Crippen molar-refractivity contribution in [2.45, 2.75) is 51.1 Å². The molecule has 2 atom stereocenters. The molecular formula is C12H24N2O2. The predicted molar refractivity (Wildman–Crippen MR) is 64.4 cm³/mol. The van der Waals surface area contributed by atoms with Gasteiger partial charge in [-0.2, -0.15) is 0 Å². The Balaban J connectivity index is 2.26. The van der Waals surface area contributed by atoms with E-state index < -0.39 is 0 Å². The van der Waals surface area contributed by atoms with Crippen LogP contribution in [0.2, 0.25) is 0 Å². The van der Waals surface area contributed by atoms with Crippen LogP contribution in [0.25, 0.3) is 0 Å². The summed E-state index contributed by atoms with van der Waals surface area (Å²) >= 11 is 0. The fourth-order valence-electron chi connectivity index (χ4n) is 1.96. The Bertz CT molecular complexity index is 201. The van der Waals surface area contributed by atoms with Gasteiger partial charge in [0.15, 0.2) is 0 Å². The van der Waals surface area contributed by atoms with Gasteiger partial charge in [-0.05, 0) is 32.7 Å². The third kappa shape index (κ3) is 4.94. The van der Waals surface area contributed by atoms with Gasteiger partial charge in [0.05, 0.1) is 6.04 Å². The molecule has 1 rings (SSSR count). The molecule has 1 heterocycles. The SMILES string of the molecule is COCCC(C)NC(=O)C1CCCCCN1. The summed E-state index contributed by atoms with van der Waals surface area (Å²) in [5.74, 6) is 0.144. The Morgan fingerprint density at radius 2 is 2.31 bits per heavy atom. The molecule has 94 valence electrons. The Morgan fingerprint density at radius 3 is 3.06 bits per heavy atom. The number of nitrogens with one attached hydrogen (secondary N) is 2. The van der Waals surface area contributed by atoms with Crippen molar-refractivity contribution in [3.8, 4) is 0 Å². The van der Waals surface area contributed by atoms with Crippen LogP contribution in [-0.4, -0.2) is 38.3 Å². The molecule has 1 aliphatic rings. The predicted octanol–water partition coefficient (Wildman–Crippen LogP) is 1.06. The summed E-state index contributed by atoms with van der Waals surface area (Å²) in [5, 5.41) is 6.33. The number of hydrogen-bond donors (Lipinski definition) is 2. The van der Waals surface area contributed by atoms with Crippen molar-refractivity contribution >= 4 is 5.91 Å². The van der Waals surface area contributed by atoms with Crippen LogP contribution in [0.5, 0.6) is 0 Å². The van der Waals surface area contributed by atoms with Crippen molar-refractivity contribution in [1.82, 2.24) is 10.6 Å². The van der Waals surface area contributed by atoms with Crippen LogP contribution in [0.3, 0.4) is 0 Å². The smallest absolute Gasteiger partial charge is 0.237 e. The number of methoxy groups -OCH3 is 1. The summed E-state index contributed by atoms with van der Waals surface area (Å²) in [6, 6.07) is 0.199. The summed E-state index contributed by atoms with van der Waals surface area (Å²) in [7, 11) is 1.68. The van der Waals surface area contributed by atoms with Gasteiger partial charge in [-0.15, -0.1) is 0 Å². The van der Waals surface area contributed by atoms with Gasteiger partial charge in [0.25, 0.3) is 0 Å². The summed E-state index contributed by atoms with van der Waals surface area (Å²) in [6.07, 6.45) is 5.40. The molecule has 2 N–H and O–H groups in total. The van der Waals surface area contributed by atoms with Crippen molar-refractivity contribution in [3.63, 3.8) is 0 Å². The maximum atomic E-state index is 11.9. The van der Waals surface area contributed by atoms with Crippen molar-refractivity contribution in [2.24, 2.45) is 0 Å². The highest BCUT2D eigenvalue weighted by atomic mass is 16.5. The minimum Gasteiger partial charge on any atom is -0.385 e. The van der Waals surface area contributed by atoms with Crippen LogP contribution in [0.1, 0.15) is 39.0 Å². The standard InChI is InChI=1S/C12H24N2O2/c1-10(7-9-16-2)14-12(15)11-6-4-3-5-8-13-11/h10-11,13H,3-9H2,1-2H3,(H,14,15). The minimum absolute atomic E-state index is 0.00694. The zero-order valence-electron chi connectivity index (χ0n) is 10.4. The first-order chi connectivity index (χ1) is 7.74. The van der Waals surface area contributed by atoms with Gasteiger partial charge in [0.2, 0.25) is 5.91 Å². The van der Waals surface area contributed by atoms with Crippen LogP contribution < -0.4 is 10.6 Å². The third-order valence-electron chi connectivity index (χ3n) is 3.02. The molecule has 1 fully saturated rings. The van der Waals surface area contributed by atoms with E-state index in [0.29, 0.717) is 6.61 Å². The average Bonchev–Trinajstić information content (AvgIpc) is 2.54. The molecule has 0 saturated carbocycles. The van der Waals surface area contributed by atoms with E-state index in [1.807, 2.05) is 6.92 Å². The molecule has 0 radical (unpaired) electrons. The van der Waals surface area contributed by atoms with E-state index in [2.05, 4.69) is 10.6 Å². The Labute approximate surface area is 98.1 Å². The van der Waals surface area contributed by atoms with E-state index in [0.717, 1.165) is 25.8 Å². The van der Waals surface area contributed by atoms with Gasteiger partial charge in [0.1, 0.15) is 0 Å². The molecule has 0 aliphatic carbocycles. The summed E-state index contributed by atoms with van der Waals surface area (Å²) in [5.41, 5.74) is 0. The lowest BCUT2D eigenvalue weighted by Gasteiger charge is -2.19. The summed E-state index contributed by atoms with van der Waals surface area (Å²) in [4.78, 5) is 11.9. The first kappa shape index (κ1) is 13.5. The maximum Gasteiger partial charge on any atom is 0.237 e. The fourth-order valence-corrected chi connectivity index (χ4v) is 1.96. The van der Waals surface area contributed by atoms with Crippen molar-refractivity contribution < 1.29 is 9.53 Å². The molecule has 0 aromatic rings. The number of ether oxygens (including phenoxy) is 1. The number of hydrogen-bond acceptors (Lipinski definition) is 3. The first-order valence-electron chi connectivity index (χ1n) is 6.26. The molecule has 0 aromatic heterocycles. The van der Waals surface area contributed by atoms with Gasteiger partial charge in [-0.1, -0.05) is 12.8 Å². The van der Waals surface area contributed by atoms with Gasteiger partial charge >= 0.3 is 0 Å². The van der Waals surface area contributed by atoms with Crippen molar-refractivity contribution in [2.75, 3.05) is 20.3 Å². The topological polar surface area (TPSA) is 50.4 Å². The second-order valence-corrected chi connectivity index (χ2v) is 4.55. The van der Waals surface area contributed by atoms with Crippen LogP contribution in [0, 0.1) is 0 Å². The summed E-state index contributed by atoms with van der Waals surface area (Å²) in [6.45, 7) is 3.68. The van der Waals surface area contributed by atoms with Gasteiger partial charge in [-0.3, -0.25) is 4.79 Å². The van der Waals surface area contributed by atoms with E-state index in [9.17, 15) is 4.79 Å². The maximum absolute atomic E-state index is 11.9. The zero-order valence-corrected chi connectivity index (χ0v) is 10.4. The quantitative estimate of drug-likeness (QED) is 0.740. The van der Waals surface area contributed by atoms with E-state index >= 15 is 0 Å². The second-order valence-electron chi connectivity index (χ2n) is 4.55. The normalized spacial score (nSPS) is 23.5. The van der Waals surface area contributed by atoms with Crippen LogP contribution in [0.4, 0.5) is 0 Å². The molecular weight excluding hydrogens is 204 g/mol. The highest BCUT2D eigenvalue weighted by molar-refractivity contribution is 5.81. The Kier molecular flexibility index (Phi) is 6.42. The van der Waals surface area contributed by atoms with Crippen molar-refractivity contribution in [3.05, 3.63) is 0 Å². The average molecular weight is 228 g/mol. The molecule has 1 amide bonds. The lowest BCUT2D eigenvalue weighted by atomic mass is 10.1. The Hall–Kier alpha value is -0.610. The zero-order chi connectivity index (χ0) is 11.8. The largest absolute Gasteiger partial charge is 0.385 e. The van der Waals surface area contributed by atoms with E-state index in [1.54, 1.807) is 7.11 Å². The van der Waals surface area contributed by atoms with Crippen LogP contribution in [-0.2, 0) is 9.53 Å². The first-order valence-corrected chi connectivity index (χ1v) is 6.26. The van der Waals surface area contributed by atoms with E-state index in [1.165, 1.54) is 12.8 Å². The molecule has 0 bridgehead atoms. The monoisotopic (exact) mass is 228 g/mol. The molecule has 2 unspecified atom stereocenters. The fraction of sp³-hybridized carbons (Fsp3) is 0.917. The Morgan fingerprint density at radius 1 is 1.50 bits per heavy atom. The number of amides is 1. The molecule has 16 heavy (non-hydrogen) atoms. The van der Waals surface area contributed by atoms with Gasteiger partial charge in [0, 0.05) is 19.8 Å². The second kappa shape index (κ2) is 7.63. The van der Waals surface area contributed by atoms with E-state index in [4.69, 9.17) is 4.74 Å². The molecule has 0 spiro atoms. The summed E-state index contributed by atoms with van der Waals surface area (Å²) < 4.78 is 4.99. The lowest BCUT2D eigenvalue weighted by Crippen LogP contribution is -2.46. The highest BCUT2D eigenvalue weighted by Gasteiger charge is 2.20. The molecule has 0 aromatic carbocycles. The van der Waals surface area contributed by atoms with Gasteiger partial charge in [-0.25, -0.2) is 0 Å². The number of carbonyl (C=O) groups excluding carboxylic acids is 1. The lowest BCUT2D eigenvalue weighted by molar-refractivity contribution is -0.123. The van der Waals surface area contributed by atoms with Crippen LogP contribution in [0.15, 0.2) is 0 Å². The number of carbonyl (C=O) groups is 1. The van der Waals surface area contributed by atoms with E-state index in [-0.39, 0.29) is 18.0 Å². The molecule has 1 aliphatic heterocycles. The third-order valence-corrected chi connectivity index (χ3v) is 3.02. The van der Waals surface area contributed by atoms with Gasteiger partial charge < -0.3 is 15.4 Å². The number of rotatable bonds is 5. The highest BCUT2D eigenvalue weighted by Crippen LogP contribution is 2.08. The molecule has 4 nitrogen and oxygen atoms in total. The van der Waals surface area contributed by atoms with Crippen molar-refractivity contribution in [1.29, 1.82) is 0 Å². The minimum atomic E-state index is 0.00694.